The monoisotopic (exact) mass is 269 g/mol. The van der Waals surface area contributed by atoms with Crippen molar-refractivity contribution < 1.29 is 0 Å². The van der Waals surface area contributed by atoms with Crippen LogP contribution in [0.25, 0.3) is 0 Å². The molecule has 3 nitrogen and oxygen atoms in total. The van der Waals surface area contributed by atoms with Crippen molar-refractivity contribution in [2.24, 2.45) is 10.9 Å². The van der Waals surface area contributed by atoms with Gasteiger partial charge in [-0.1, -0.05) is 43.2 Å². The van der Waals surface area contributed by atoms with E-state index in [0.29, 0.717) is 18.4 Å². The fourth-order valence-electron chi connectivity index (χ4n) is 3.00. The number of nitrogens with one attached hydrogen (secondary N) is 1. The Bertz CT molecular complexity index is 487. The van der Waals surface area contributed by atoms with Crippen molar-refractivity contribution in [2.45, 2.75) is 19.3 Å². The third kappa shape index (κ3) is 3.33. The molecule has 106 valence electrons. The second-order valence-corrected chi connectivity index (χ2v) is 5.33. The molecule has 2 rings (SSSR count). The molecule has 1 aromatic rings. The highest BCUT2D eigenvalue weighted by atomic mass is 15.3. The van der Waals surface area contributed by atoms with Gasteiger partial charge in [0.25, 0.3) is 0 Å². The molecule has 1 aliphatic heterocycles. The van der Waals surface area contributed by atoms with Crippen molar-refractivity contribution in [1.82, 2.24) is 10.2 Å². The van der Waals surface area contributed by atoms with Gasteiger partial charge in [0.2, 0.25) is 0 Å². The van der Waals surface area contributed by atoms with Crippen molar-refractivity contribution in [3.63, 3.8) is 0 Å². The zero-order valence-electron chi connectivity index (χ0n) is 12.3. The van der Waals surface area contributed by atoms with E-state index in [1.807, 2.05) is 7.05 Å². The highest BCUT2D eigenvalue weighted by molar-refractivity contribution is 5.80. The summed E-state index contributed by atoms with van der Waals surface area (Å²) in [5, 5.41) is 3.20. The van der Waals surface area contributed by atoms with Crippen LogP contribution in [0.1, 0.15) is 24.8 Å². The first-order valence-corrected chi connectivity index (χ1v) is 7.20. The third-order valence-electron chi connectivity index (χ3n) is 3.99. The van der Waals surface area contributed by atoms with Crippen LogP contribution in [0.15, 0.2) is 35.3 Å². The van der Waals surface area contributed by atoms with Crippen molar-refractivity contribution in [3.05, 3.63) is 35.9 Å². The lowest BCUT2D eigenvalue weighted by atomic mass is 9.82. The topological polar surface area (TPSA) is 27.6 Å². The minimum absolute atomic E-state index is 0.527. The van der Waals surface area contributed by atoms with Crippen molar-refractivity contribution >= 4 is 5.96 Å². The number of terminal acetylenes is 1. The van der Waals surface area contributed by atoms with Gasteiger partial charge >= 0.3 is 0 Å². The first kappa shape index (κ1) is 14.5. The van der Waals surface area contributed by atoms with E-state index in [0.717, 1.165) is 25.5 Å². The molecule has 3 heteroatoms. The van der Waals surface area contributed by atoms with Gasteiger partial charge in [0.1, 0.15) is 0 Å². The maximum Gasteiger partial charge on any atom is 0.194 e. The Labute approximate surface area is 122 Å². The van der Waals surface area contributed by atoms with Gasteiger partial charge in [-0.2, -0.15) is 0 Å². The number of rotatable bonds is 2. The van der Waals surface area contributed by atoms with Gasteiger partial charge in [-0.15, -0.1) is 6.42 Å². The standard InChI is InChI=1S/C17H23N3/c1-4-11-19-17(18-3)20-12-10-16(14(2)13-20)15-8-6-5-7-9-15/h1,5-9,14,16H,10-13H2,2-3H3,(H,18,19). The lowest BCUT2D eigenvalue weighted by Crippen LogP contribution is -2.48. The SMILES string of the molecule is C#CCNC(=NC)N1CCC(c2ccccc2)C(C)C1. The van der Waals surface area contributed by atoms with Crippen LogP contribution in [0.2, 0.25) is 0 Å². The Morgan fingerprint density at radius 2 is 2.20 bits per heavy atom. The molecule has 0 spiro atoms. The summed E-state index contributed by atoms with van der Waals surface area (Å²) in [6.45, 7) is 4.88. The minimum atomic E-state index is 0.527. The van der Waals surface area contributed by atoms with E-state index in [4.69, 9.17) is 6.42 Å². The molecule has 1 N–H and O–H groups in total. The van der Waals surface area contributed by atoms with Gasteiger partial charge < -0.3 is 10.2 Å². The van der Waals surface area contributed by atoms with Gasteiger partial charge in [0, 0.05) is 20.1 Å². The average Bonchev–Trinajstić information content (AvgIpc) is 2.49. The normalized spacial score (nSPS) is 23.2. The molecule has 0 bridgehead atoms. The molecule has 0 amide bonds. The maximum absolute atomic E-state index is 5.30. The number of likely N-dealkylation sites (tertiary alicyclic amines) is 1. The summed E-state index contributed by atoms with van der Waals surface area (Å²) >= 11 is 0. The van der Waals surface area contributed by atoms with Crippen molar-refractivity contribution in [1.29, 1.82) is 0 Å². The van der Waals surface area contributed by atoms with Gasteiger partial charge in [-0.25, -0.2) is 0 Å². The summed E-state index contributed by atoms with van der Waals surface area (Å²) in [4.78, 5) is 6.62. The Kier molecular flexibility index (Phi) is 5.06. The molecule has 2 atom stereocenters. The summed E-state index contributed by atoms with van der Waals surface area (Å²) in [6.07, 6.45) is 6.46. The Hall–Kier alpha value is -1.95. The summed E-state index contributed by atoms with van der Waals surface area (Å²) in [5.74, 6) is 4.76. The number of guanidine groups is 1. The molecule has 0 aromatic heterocycles. The number of hydrogen-bond donors (Lipinski definition) is 1. The van der Waals surface area contributed by atoms with E-state index in [-0.39, 0.29) is 0 Å². The first-order chi connectivity index (χ1) is 9.76. The molecular formula is C17H23N3. The summed E-state index contributed by atoms with van der Waals surface area (Å²) in [6, 6.07) is 10.8. The van der Waals surface area contributed by atoms with Crippen LogP contribution in [0.5, 0.6) is 0 Å². The molecule has 0 aliphatic carbocycles. The average molecular weight is 269 g/mol. The van der Waals surface area contributed by atoms with Crippen molar-refractivity contribution in [2.75, 3.05) is 26.7 Å². The van der Waals surface area contributed by atoms with Gasteiger partial charge in [-0.3, -0.25) is 4.99 Å². The third-order valence-corrected chi connectivity index (χ3v) is 3.99. The van der Waals surface area contributed by atoms with Crippen LogP contribution in [0.4, 0.5) is 0 Å². The molecule has 0 radical (unpaired) electrons. The predicted octanol–water partition coefficient (Wildman–Crippen LogP) is 2.32. The molecule has 1 saturated heterocycles. The molecule has 1 aliphatic rings. The van der Waals surface area contributed by atoms with Crippen LogP contribution in [-0.4, -0.2) is 37.5 Å². The van der Waals surface area contributed by atoms with E-state index in [2.05, 4.69) is 58.4 Å². The van der Waals surface area contributed by atoms with Crippen molar-refractivity contribution in [3.8, 4) is 12.3 Å². The highest BCUT2D eigenvalue weighted by Gasteiger charge is 2.28. The maximum atomic E-state index is 5.30. The number of benzene rings is 1. The first-order valence-electron chi connectivity index (χ1n) is 7.20. The number of aliphatic imine (C=N–C) groups is 1. The number of hydrogen-bond acceptors (Lipinski definition) is 1. The fraction of sp³-hybridized carbons (Fsp3) is 0.471. The van der Waals surface area contributed by atoms with Gasteiger partial charge in [0.15, 0.2) is 5.96 Å². The molecule has 20 heavy (non-hydrogen) atoms. The zero-order valence-corrected chi connectivity index (χ0v) is 12.3. The molecule has 0 saturated carbocycles. The van der Waals surface area contributed by atoms with Crippen LogP contribution in [0.3, 0.4) is 0 Å². The lowest BCUT2D eigenvalue weighted by molar-refractivity contribution is 0.235. The summed E-state index contributed by atoms with van der Waals surface area (Å²) < 4.78 is 0. The van der Waals surface area contributed by atoms with E-state index < -0.39 is 0 Å². The number of piperidine rings is 1. The van der Waals surface area contributed by atoms with E-state index in [1.54, 1.807) is 0 Å². The smallest absolute Gasteiger partial charge is 0.194 e. The van der Waals surface area contributed by atoms with Gasteiger partial charge in [-0.05, 0) is 23.8 Å². The van der Waals surface area contributed by atoms with Crippen LogP contribution in [0, 0.1) is 18.3 Å². The Morgan fingerprint density at radius 1 is 1.45 bits per heavy atom. The largest absolute Gasteiger partial charge is 0.345 e. The fourth-order valence-corrected chi connectivity index (χ4v) is 3.00. The molecule has 1 aromatic carbocycles. The molecule has 2 unspecified atom stereocenters. The highest BCUT2D eigenvalue weighted by Crippen LogP contribution is 2.32. The Balaban J connectivity index is 2.00. The molecule has 1 heterocycles. The second-order valence-electron chi connectivity index (χ2n) is 5.33. The Morgan fingerprint density at radius 3 is 2.80 bits per heavy atom. The van der Waals surface area contributed by atoms with Crippen LogP contribution >= 0.6 is 0 Å². The van der Waals surface area contributed by atoms with Crippen LogP contribution < -0.4 is 5.32 Å². The quantitative estimate of drug-likeness (QED) is 0.507. The molecular weight excluding hydrogens is 246 g/mol. The lowest BCUT2D eigenvalue weighted by Gasteiger charge is -2.38. The van der Waals surface area contributed by atoms with Crippen LogP contribution in [-0.2, 0) is 0 Å². The zero-order chi connectivity index (χ0) is 14.4. The van der Waals surface area contributed by atoms with E-state index >= 15 is 0 Å². The second kappa shape index (κ2) is 7.00. The summed E-state index contributed by atoms with van der Waals surface area (Å²) in [7, 11) is 1.81. The number of nitrogens with zero attached hydrogens (tertiary/aromatic N) is 2. The van der Waals surface area contributed by atoms with E-state index in [1.165, 1.54) is 5.56 Å². The predicted molar refractivity (Wildman–Crippen MR) is 84.7 cm³/mol. The van der Waals surface area contributed by atoms with E-state index in [9.17, 15) is 0 Å². The molecule has 1 fully saturated rings. The summed E-state index contributed by atoms with van der Waals surface area (Å²) in [5.41, 5.74) is 1.45. The minimum Gasteiger partial charge on any atom is -0.345 e. The van der Waals surface area contributed by atoms with Gasteiger partial charge in [0.05, 0.1) is 6.54 Å².